The number of likely N-dealkylation sites (tertiary alicyclic amines) is 1. The van der Waals surface area contributed by atoms with Crippen LogP contribution in [0.5, 0.6) is 0 Å². The average molecular weight is 511 g/mol. The molecule has 0 spiro atoms. The van der Waals surface area contributed by atoms with E-state index in [0.29, 0.717) is 34.7 Å². The highest BCUT2D eigenvalue weighted by Gasteiger charge is 2.35. The van der Waals surface area contributed by atoms with Crippen molar-refractivity contribution in [1.82, 2.24) is 19.4 Å². The Morgan fingerprint density at radius 2 is 1.74 bits per heavy atom. The molecule has 0 radical (unpaired) electrons. The molecule has 0 unspecified atom stereocenters. The van der Waals surface area contributed by atoms with Gasteiger partial charge in [-0.2, -0.15) is 0 Å². The molecule has 2 aliphatic rings. The lowest BCUT2D eigenvalue weighted by molar-refractivity contribution is 0.180. The van der Waals surface area contributed by atoms with Gasteiger partial charge in [-0.25, -0.2) is 23.1 Å². The van der Waals surface area contributed by atoms with Gasteiger partial charge in [-0.1, -0.05) is 6.07 Å². The van der Waals surface area contributed by atoms with E-state index in [1.54, 1.807) is 38.1 Å². The minimum atomic E-state index is -3.83. The molecule has 0 amide bonds. The van der Waals surface area contributed by atoms with Gasteiger partial charge in [0.2, 0.25) is 5.95 Å². The second kappa shape index (κ2) is 9.04. The Kier molecular flexibility index (Phi) is 6.06. The van der Waals surface area contributed by atoms with Crippen molar-refractivity contribution in [3.05, 3.63) is 76.0 Å². The largest absolute Gasteiger partial charge is 0.348 e. The average Bonchev–Trinajstić information content (AvgIpc) is 2.79. The van der Waals surface area contributed by atoms with E-state index in [-0.39, 0.29) is 22.3 Å². The third-order valence-corrected chi connectivity index (χ3v) is 8.10. The Morgan fingerprint density at radius 1 is 1.03 bits per heavy atom. The first kappa shape index (κ1) is 23.4. The highest BCUT2D eigenvalue weighted by molar-refractivity contribution is 7.92. The van der Waals surface area contributed by atoms with Crippen LogP contribution in [0, 0.1) is 19.8 Å². The van der Waals surface area contributed by atoms with Crippen LogP contribution in [-0.4, -0.2) is 46.1 Å². The number of nitrogens with one attached hydrogen (secondary N) is 2. The highest BCUT2D eigenvalue weighted by Crippen LogP contribution is 2.35. The summed E-state index contributed by atoms with van der Waals surface area (Å²) in [6, 6.07) is 13.6. The van der Waals surface area contributed by atoms with Crippen LogP contribution in [0.25, 0.3) is 0 Å². The van der Waals surface area contributed by atoms with Crippen molar-refractivity contribution in [3.63, 3.8) is 0 Å². The Bertz CT molecular complexity index is 1430. The van der Waals surface area contributed by atoms with Gasteiger partial charge >= 0.3 is 0 Å². The number of pyridine rings is 1. The standard InChI is InChI=1S/C24H26N6O3S2/c1-15-10-16(2)26-23(25-15)28-35(32,33)20-8-6-19(7-9-20)27-24(34)29-12-17-11-18(14-29)21-4-3-5-22(31)30(21)13-17/h3-10,17-18H,11-14H2,1-2H3,(H,27,34)(H,25,26,28)/t17-,18-/m1/s1. The fourth-order valence-corrected chi connectivity index (χ4v) is 6.14. The molecule has 2 aliphatic heterocycles. The molecule has 3 aromatic rings. The fourth-order valence-electron chi connectivity index (χ4n) is 4.93. The van der Waals surface area contributed by atoms with Gasteiger partial charge in [0.1, 0.15) is 0 Å². The van der Waals surface area contributed by atoms with Crippen molar-refractivity contribution in [2.75, 3.05) is 23.1 Å². The van der Waals surface area contributed by atoms with E-state index >= 15 is 0 Å². The molecule has 0 saturated carbocycles. The number of sulfonamides is 1. The summed E-state index contributed by atoms with van der Waals surface area (Å²) in [5.74, 6) is 0.653. The Morgan fingerprint density at radius 3 is 2.46 bits per heavy atom. The number of fused-ring (bicyclic) bond motifs is 4. The molecule has 2 aromatic heterocycles. The van der Waals surface area contributed by atoms with E-state index in [0.717, 1.165) is 25.2 Å². The van der Waals surface area contributed by atoms with Crippen molar-refractivity contribution in [2.45, 2.75) is 37.6 Å². The molecule has 0 aliphatic carbocycles. The van der Waals surface area contributed by atoms with E-state index < -0.39 is 10.0 Å². The lowest BCUT2D eigenvalue weighted by atomic mass is 9.83. The zero-order valence-corrected chi connectivity index (χ0v) is 21.1. The molecular formula is C24H26N6O3S2. The minimum absolute atomic E-state index is 0.0466. The van der Waals surface area contributed by atoms with Crippen molar-refractivity contribution in [1.29, 1.82) is 0 Å². The summed E-state index contributed by atoms with van der Waals surface area (Å²) in [7, 11) is -3.83. The van der Waals surface area contributed by atoms with E-state index in [4.69, 9.17) is 12.2 Å². The van der Waals surface area contributed by atoms with Gasteiger partial charge in [0.25, 0.3) is 15.6 Å². The predicted molar refractivity (Wildman–Crippen MR) is 138 cm³/mol. The summed E-state index contributed by atoms with van der Waals surface area (Å²) in [6.45, 7) is 5.77. The van der Waals surface area contributed by atoms with Crippen molar-refractivity contribution >= 4 is 39.0 Å². The number of hydrogen-bond donors (Lipinski definition) is 2. The first-order chi connectivity index (χ1) is 16.7. The Balaban J connectivity index is 1.26. The van der Waals surface area contributed by atoms with Crippen LogP contribution in [0.4, 0.5) is 11.6 Å². The second-order valence-corrected chi connectivity index (χ2v) is 11.2. The topological polar surface area (TPSA) is 109 Å². The number of piperidine rings is 1. The SMILES string of the molecule is Cc1cc(C)nc(NS(=O)(=O)c2ccc(NC(=S)N3C[C@H]4C[C@H](C3)c3cccc(=O)n3C4)cc2)n1. The quantitative estimate of drug-likeness (QED) is 0.516. The molecule has 1 aromatic carbocycles. The maximum Gasteiger partial charge on any atom is 0.264 e. The third-order valence-electron chi connectivity index (χ3n) is 6.39. The summed E-state index contributed by atoms with van der Waals surface area (Å²) in [5.41, 5.74) is 3.18. The lowest BCUT2D eigenvalue weighted by Crippen LogP contribution is -2.50. The van der Waals surface area contributed by atoms with E-state index in [1.165, 1.54) is 12.1 Å². The zero-order valence-electron chi connectivity index (χ0n) is 19.4. The van der Waals surface area contributed by atoms with Crippen LogP contribution in [0.15, 0.2) is 58.2 Å². The number of nitrogens with zero attached hydrogens (tertiary/aromatic N) is 4. The lowest BCUT2D eigenvalue weighted by Gasteiger charge is -2.43. The number of anilines is 2. The number of rotatable bonds is 4. The maximum absolute atomic E-state index is 12.8. The van der Waals surface area contributed by atoms with Crippen LogP contribution in [-0.2, 0) is 16.6 Å². The number of aromatic nitrogens is 3. The molecule has 2 atom stereocenters. The molecule has 5 rings (SSSR count). The molecule has 35 heavy (non-hydrogen) atoms. The molecule has 9 nitrogen and oxygen atoms in total. The summed E-state index contributed by atoms with van der Waals surface area (Å²) in [5, 5.41) is 3.82. The van der Waals surface area contributed by atoms with Crippen LogP contribution in [0.3, 0.4) is 0 Å². The summed E-state index contributed by atoms with van der Waals surface area (Å²) in [4.78, 5) is 22.8. The smallest absolute Gasteiger partial charge is 0.264 e. The van der Waals surface area contributed by atoms with Gasteiger partial charge in [-0.05, 0) is 74.8 Å². The van der Waals surface area contributed by atoms with Crippen LogP contribution in [0.2, 0.25) is 0 Å². The first-order valence-electron chi connectivity index (χ1n) is 11.4. The van der Waals surface area contributed by atoms with Crippen LogP contribution >= 0.6 is 12.2 Å². The number of aryl methyl sites for hydroxylation is 2. The van der Waals surface area contributed by atoms with Crippen molar-refractivity contribution in [3.8, 4) is 0 Å². The maximum atomic E-state index is 12.8. The molecule has 2 bridgehead atoms. The zero-order chi connectivity index (χ0) is 24.7. The molecule has 4 heterocycles. The minimum Gasteiger partial charge on any atom is -0.348 e. The highest BCUT2D eigenvalue weighted by atomic mass is 32.2. The van der Waals surface area contributed by atoms with Crippen molar-refractivity contribution in [2.24, 2.45) is 5.92 Å². The number of thiocarbonyl (C=S) groups is 1. The van der Waals surface area contributed by atoms with Crippen molar-refractivity contribution < 1.29 is 8.42 Å². The number of benzene rings is 1. The van der Waals surface area contributed by atoms with Crippen LogP contribution < -0.4 is 15.6 Å². The fraction of sp³-hybridized carbons (Fsp3) is 0.333. The second-order valence-electron chi connectivity index (χ2n) is 9.14. The Hall–Kier alpha value is -3.31. The molecular weight excluding hydrogens is 484 g/mol. The molecule has 11 heteroatoms. The van der Waals surface area contributed by atoms with Gasteiger partial charge < -0.3 is 14.8 Å². The summed E-state index contributed by atoms with van der Waals surface area (Å²) >= 11 is 5.67. The molecule has 1 saturated heterocycles. The summed E-state index contributed by atoms with van der Waals surface area (Å²) in [6.07, 6.45) is 1.05. The molecule has 182 valence electrons. The predicted octanol–water partition coefficient (Wildman–Crippen LogP) is 2.87. The van der Waals surface area contributed by atoms with Gasteiger partial charge in [-0.15, -0.1) is 0 Å². The van der Waals surface area contributed by atoms with Gasteiger partial charge in [0.15, 0.2) is 5.11 Å². The first-order valence-corrected chi connectivity index (χ1v) is 13.3. The van der Waals surface area contributed by atoms with E-state index in [2.05, 4.69) is 24.9 Å². The van der Waals surface area contributed by atoms with Gasteiger partial charge in [0.05, 0.1) is 4.90 Å². The van der Waals surface area contributed by atoms with Crippen LogP contribution in [0.1, 0.15) is 29.4 Å². The monoisotopic (exact) mass is 510 g/mol. The van der Waals surface area contributed by atoms with Gasteiger partial charge in [0, 0.05) is 54.4 Å². The van der Waals surface area contributed by atoms with E-state index in [9.17, 15) is 13.2 Å². The normalized spacial score (nSPS) is 19.1. The third kappa shape index (κ3) is 4.92. The molecule has 1 fully saturated rings. The van der Waals surface area contributed by atoms with Gasteiger partial charge in [-0.3, -0.25) is 4.79 Å². The number of hydrogen-bond acceptors (Lipinski definition) is 6. The van der Waals surface area contributed by atoms with E-state index in [1.807, 2.05) is 16.7 Å². The summed E-state index contributed by atoms with van der Waals surface area (Å²) < 4.78 is 29.9. The molecule has 2 N–H and O–H groups in total. The Labute approximate surface area is 209 Å².